The molecule has 0 bridgehead atoms. The van der Waals surface area contributed by atoms with E-state index in [0.717, 1.165) is 11.1 Å². The van der Waals surface area contributed by atoms with Crippen LogP contribution in [0, 0.1) is 6.92 Å². The standard InChI is InChI=1S/C13H18O2/c1-3-12(14)8-9-13(15)11-6-4-10(2)5-7-11/h4-7,12,14H,3,8-9H2,1-2H3/t12-/m0/s1. The molecule has 0 aliphatic carbocycles. The Morgan fingerprint density at radius 2 is 1.93 bits per heavy atom. The van der Waals surface area contributed by atoms with Crippen molar-refractivity contribution < 1.29 is 9.90 Å². The third-order valence-electron chi connectivity index (χ3n) is 2.55. The number of carbonyl (C=O) groups excluding carboxylic acids is 1. The molecule has 0 aromatic heterocycles. The van der Waals surface area contributed by atoms with Crippen LogP contribution in [0.1, 0.15) is 42.1 Å². The number of aliphatic hydroxyl groups excluding tert-OH is 1. The molecule has 1 N–H and O–H groups in total. The highest BCUT2D eigenvalue weighted by Crippen LogP contribution is 2.09. The predicted octanol–water partition coefficient (Wildman–Crippen LogP) is 2.73. The van der Waals surface area contributed by atoms with Crippen molar-refractivity contribution in [2.24, 2.45) is 0 Å². The molecule has 0 fully saturated rings. The first-order valence-corrected chi connectivity index (χ1v) is 5.41. The maximum atomic E-state index is 11.7. The lowest BCUT2D eigenvalue weighted by molar-refractivity contribution is 0.0937. The van der Waals surface area contributed by atoms with Gasteiger partial charge in [0.1, 0.15) is 0 Å². The van der Waals surface area contributed by atoms with Gasteiger partial charge in [0.2, 0.25) is 0 Å². The second-order valence-electron chi connectivity index (χ2n) is 3.89. The van der Waals surface area contributed by atoms with Crippen molar-refractivity contribution in [2.75, 3.05) is 0 Å². The van der Waals surface area contributed by atoms with Crippen molar-refractivity contribution in [3.05, 3.63) is 35.4 Å². The van der Waals surface area contributed by atoms with E-state index in [2.05, 4.69) is 0 Å². The number of aryl methyl sites for hydroxylation is 1. The molecule has 1 aromatic carbocycles. The fraction of sp³-hybridized carbons (Fsp3) is 0.462. The van der Waals surface area contributed by atoms with Gasteiger partial charge in [-0.3, -0.25) is 4.79 Å². The van der Waals surface area contributed by atoms with Crippen molar-refractivity contribution in [1.82, 2.24) is 0 Å². The molecule has 0 unspecified atom stereocenters. The molecule has 0 amide bonds. The molecule has 0 spiro atoms. The van der Waals surface area contributed by atoms with Gasteiger partial charge in [0.15, 0.2) is 5.78 Å². The average Bonchev–Trinajstić information content (AvgIpc) is 2.26. The molecular weight excluding hydrogens is 188 g/mol. The minimum absolute atomic E-state index is 0.113. The van der Waals surface area contributed by atoms with Gasteiger partial charge in [0, 0.05) is 12.0 Å². The number of aliphatic hydroxyl groups is 1. The Labute approximate surface area is 90.9 Å². The number of benzene rings is 1. The van der Waals surface area contributed by atoms with E-state index in [9.17, 15) is 9.90 Å². The molecule has 0 heterocycles. The van der Waals surface area contributed by atoms with Crippen molar-refractivity contribution in [3.63, 3.8) is 0 Å². The van der Waals surface area contributed by atoms with Crippen LogP contribution >= 0.6 is 0 Å². The number of ketones is 1. The van der Waals surface area contributed by atoms with E-state index in [1.54, 1.807) is 0 Å². The van der Waals surface area contributed by atoms with Gasteiger partial charge in [-0.2, -0.15) is 0 Å². The molecule has 1 rings (SSSR count). The maximum Gasteiger partial charge on any atom is 0.162 e. The zero-order valence-electron chi connectivity index (χ0n) is 9.36. The highest BCUT2D eigenvalue weighted by molar-refractivity contribution is 5.96. The maximum absolute atomic E-state index is 11.7. The van der Waals surface area contributed by atoms with Crippen LogP contribution in [0.15, 0.2) is 24.3 Å². The van der Waals surface area contributed by atoms with Crippen LogP contribution in [-0.2, 0) is 0 Å². The van der Waals surface area contributed by atoms with E-state index < -0.39 is 0 Å². The van der Waals surface area contributed by atoms with Crippen LogP contribution in [0.3, 0.4) is 0 Å². The largest absolute Gasteiger partial charge is 0.393 e. The van der Waals surface area contributed by atoms with E-state index in [1.165, 1.54) is 0 Å². The summed E-state index contributed by atoms with van der Waals surface area (Å²) in [5.41, 5.74) is 1.89. The van der Waals surface area contributed by atoms with Gasteiger partial charge in [-0.15, -0.1) is 0 Å². The van der Waals surface area contributed by atoms with Crippen LogP contribution in [0.25, 0.3) is 0 Å². The first-order chi connectivity index (χ1) is 7.13. The van der Waals surface area contributed by atoms with Crippen molar-refractivity contribution in [1.29, 1.82) is 0 Å². The van der Waals surface area contributed by atoms with Gasteiger partial charge in [-0.05, 0) is 19.8 Å². The SMILES string of the molecule is CC[C@H](O)CCC(=O)c1ccc(C)cc1. The fourth-order valence-corrected chi connectivity index (χ4v) is 1.39. The Morgan fingerprint density at radius 1 is 1.33 bits per heavy atom. The van der Waals surface area contributed by atoms with Crippen LogP contribution in [0.4, 0.5) is 0 Å². The summed E-state index contributed by atoms with van der Waals surface area (Å²) < 4.78 is 0. The van der Waals surface area contributed by atoms with Crippen LogP contribution in [0.2, 0.25) is 0 Å². The van der Waals surface area contributed by atoms with E-state index in [0.29, 0.717) is 19.3 Å². The molecule has 0 radical (unpaired) electrons. The molecule has 1 atom stereocenters. The average molecular weight is 206 g/mol. The number of rotatable bonds is 5. The van der Waals surface area contributed by atoms with Gasteiger partial charge >= 0.3 is 0 Å². The number of Topliss-reactive ketones (excluding diaryl/α,β-unsaturated/α-hetero) is 1. The summed E-state index contributed by atoms with van der Waals surface area (Å²) in [6.45, 7) is 3.91. The summed E-state index contributed by atoms with van der Waals surface area (Å²) in [4.78, 5) is 11.7. The lowest BCUT2D eigenvalue weighted by atomic mass is 10.0. The Kier molecular flexibility index (Phi) is 4.50. The lowest BCUT2D eigenvalue weighted by Crippen LogP contribution is -2.08. The molecule has 2 heteroatoms. The number of carbonyl (C=O) groups is 1. The first-order valence-electron chi connectivity index (χ1n) is 5.41. The lowest BCUT2D eigenvalue weighted by Gasteiger charge is -2.06. The van der Waals surface area contributed by atoms with Crippen molar-refractivity contribution in [2.45, 2.75) is 39.2 Å². The molecule has 15 heavy (non-hydrogen) atoms. The molecule has 0 aliphatic rings. The van der Waals surface area contributed by atoms with Crippen LogP contribution in [0.5, 0.6) is 0 Å². The summed E-state index contributed by atoms with van der Waals surface area (Å²) in [5, 5.41) is 9.35. The van der Waals surface area contributed by atoms with E-state index in [-0.39, 0.29) is 11.9 Å². The first kappa shape index (κ1) is 11.9. The normalized spacial score (nSPS) is 12.5. The summed E-state index contributed by atoms with van der Waals surface area (Å²) in [5.74, 6) is 0.113. The Morgan fingerprint density at radius 3 is 2.47 bits per heavy atom. The summed E-state index contributed by atoms with van der Waals surface area (Å²) in [6.07, 6.45) is 1.35. The molecule has 82 valence electrons. The summed E-state index contributed by atoms with van der Waals surface area (Å²) >= 11 is 0. The van der Waals surface area contributed by atoms with Crippen LogP contribution in [-0.4, -0.2) is 17.0 Å². The van der Waals surface area contributed by atoms with Gasteiger partial charge < -0.3 is 5.11 Å². The second-order valence-corrected chi connectivity index (χ2v) is 3.89. The zero-order chi connectivity index (χ0) is 11.3. The van der Waals surface area contributed by atoms with Crippen molar-refractivity contribution >= 4 is 5.78 Å². The number of hydrogen-bond donors (Lipinski definition) is 1. The highest BCUT2D eigenvalue weighted by atomic mass is 16.3. The predicted molar refractivity (Wildman–Crippen MR) is 61.0 cm³/mol. The molecule has 0 saturated carbocycles. The van der Waals surface area contributed by atoms with Gasteiger partial charge in [0.05, 0.1) is 6.10 Å². The fourth-order valence-electron chi connectivity index (χ4n) is 1.39. The summed E-state index contributed by atoms with van der Waals surface area (Å²) in [6, 6.07) is 7.55. The Balaban J connectivity index is 2.50. The van der Waals surface area contributed by atoms with Crippen LogP contribution < -0.4 is 0 Å². The van der Waals surface area contributed by atoms with Gasteiger partial charge in [0.25, 0.3) is 0 Å². The zero-order valence-corrected chi connectivity index (χ0v) is 9.36. The van der Waals surface area contributed by atoms with Gasteiger partial charge in [-0.25, -0.2) is 0 Å². The smallest absolute Gasteiger partial charge is 0.162 e. The Bertz CT molecular complexity index is 314. The topological polar surface area (TPSA) is 37.3 Å². The third-order valence-corrected chi connectivity index (χ3v) is 2.55. The molecule has 0 aliphatic heterocycles. The monoisotopic (exact) mass is 206 g/mol. The van der Waals surface area contributed by atoms with E-state index in [4.69, 9.17) is 0 Å². The minimum atomic E-state index is -0.348. The molecular formula is C13H18O2. The van der Waals surface area contributed by atoms with Gasteiger partial charge in [-0.1, -0.05) is 36.8 Å². The Hall–Kier alpha value is -1.15. The van der Waals surface area contributed by atoms with E-state index >= 15 is 0 Å². The van der Waals surface area contributed by atoms with E-state index in [1.807, 2.05) is 38.1 Å². The highest BCUT2D eigenvalue weighted by Gasteiger charge is 2.08. The second kappa shape index (κ2) is 5.66. The number of hydrogen-bond acceptors (Lipinski definition) is 2. The molecule has 0 saturated heterocycles. The van der Waals surface area contributed by atoms with Crippen molar-refractivity contribution in [3.8, 4) is 0 Å². The third kappa shape index (κ3) is 3.84. The molecule has 1 aromatic rings. The molecule has 2 nitrogen and oxygen atoms in total. The quantitative estimate of drug-likeness (QED) is 0.752. The minimum Gasteiger partial charge on any atom is -0.393 e. The summed E-state index contributed by atoms with van der Waals surface area (Å²) in [7, 11) is 0.